The first kappa shape index (κ1) is 15.1. The number of rotatable bonds is 5. The zero-order chi connectivity index (χ0) is 15.2. The van der Waals surface area contributed by atoms with E-state index in [1.165, 1.54) is 6.20 Å². The van der Waals surface area contributed by atoms with Crippen molar-refractivity contribution >= 4 is 5.91 Å². The van der Waals surface area contributed by atoms with Crippen LogP contribution < -0.4 is 5.32 Å². The van der Waals surface area contributed by atoms with Gasteiger partial charge in [-0.3, -0.25) is 14.8 Å². The van der Waals surface area contributed by atoms with Crippen molar-refractivity contribution in [3.63, 3.8) is 0 Å². The average Bonchev–Trinajstić information content (AvgIpc) is 2.53. The highest BCUT2D eigenvalue weighted by Gasteiger charge is 2.16. The van der Waals surface area contributed by atoms with Crippen molar-refractivity contribution in [2.24, 2.45) is 0 Å². The lowest BCUT2D eigenvalue weighted by atomic mass is 10.1. The summed E-state index contributed by atoms with van der Waals surface area (Å²) in [5, 5.41) is 12.0. The molecule has 5 nitrogen and oxygen atoms in total. The van der Waals surface area contributed by atoms with Crippen LogP contribution in [0, 0.1) is 6.92 Å². The van der Waals surface area contributed by atoms with E-state index in [2.05, 4.69) is 15.3 Å². The Morgan fingerprint density at radius 1 is 1.33 bits per heavy atom. The van der Waals surface area contributed by atoms with E-state index in [1.54, 1.807) is 18.3 Å². The van der Waals surface area contributed by atoms with Crippen LogP contribution in [0.1, 0.15) is 46.7 Å². The van der Waals surface area contributed by atoms with Gasteiger partial charge in [-0.05, 0) is 42.7 Å². The molecule has 1 amide bonds. The summed E-state index contributed by atoms with van der Waals surface area (Å²) in [7, 11) is 0. The zero-order valence-corrected chi connectivity index (χ0v) is 12.2. The summed E-state index contributed by atoms with van der Waals surface area (Å²) in [5.41, 5.74) is 2.87. The summed E-state index contributed by atoms with van der Waals surface area (Å²) < 4.78 is 0. The van der Waals surface area contributed by atoms with Crippen molar-refractivity contribution in [2.45, 2.75) is 32.9 Å². The predicted molar refractivity (Wildman–Crippen MR) is 79.6 cm³/mol. The number of nitrogens with zero attached hydrogens (tertiary/aromatic N) is 2. The molecule has 2 N–H and O–H groups in total. The van der Waals surface area contributed by atoms with E-state index < -0.39 is 0 Å². The van der Waals surface area contributed by atoms with Crippen LogP contribution >= 0.6 is 0 Å². The molecular formula is C16H19N3O2. The second-order valence-electron chi connectivity index (χ2n) is 4.90. The molecule has 2 aromatic rings. The first-order valence-corrected chi connectivity index (χ1v) is 6.93. The quantitative estimate of drug-likeness (QED) is 0.882. The molecule has 0 unspecified atom stereocenters. The molecule has 0 spiro atoms. The lowest BCUT2D eigenvalue weighted by Gasteiger charge is -2.16. The Bertz CT molecular complexity index is 611. The van der Waals surface area contributed by atoms with E-state index in [0.717, 1.165) is 17.7 Å². The van der Waals surface area contributed by atoms with Crippen LogP contribution in [0.25, 0.3) is 0 Å². The first-order valence-electron chi connectivity index (χ1n) is 6.93. The molecule has 0 aliphatic rings. The van der Waals surface area contributed by atoms with Crippen LogP contribution in [0.2, 0.25) is 0 Å². The molecule has 110 valence electrons. The SMILES string of the molecule is CC[C@@H](NC(=O)c1cc(CO)ccn1)c1ccc(C)cn1. The van der Waals surface area contributed by atoms with Gasteiger partial charge in [-0.1, -0.05) is 13.0 Å². The summed E-state index contributed by atoms with van der Waals surface area (Å²) in [6, 6.07) is 7.00. The minimum atomic E-state index is -0.264. The van der Waals surface area contributed by atoms with E-state index in [-0.39, 0.29) is 18.6 Å². The van der Waals surface area contributed by atoms with Gasteiger partial charge in [-0.15, -0.1) is 0 Å². The fourth-order valence-corrected chi connectivity index (χ4v) is 2.00. The van der Waals surface area contributed by atoms with Crippen molar-refractivity contribution in [3.8, 4) is 0 Å². The molecule has 0 fully saturated rings. The molecule has 0 bridgehead atoms. The van der Waals surface area contributed by atoms with Gasteiger partial charge in [-0.25, -0.2) is 0 Å². The van der Waals surface area contributed by atoms with Crippen LogP contribution in [0.3, 0.4) is 0 Å². The van der Waals surface area contributed by atoms with E-state index >= 15 is 0 Å². The van der Waals surface area contributed by atoms with Crippen molar-refractivity contribution in [3.05, 3.63) is 59.2 Å². The number of pyridine rings is 2. The maximum atomic E-state index is 12.2. The van der Waals surface area contributed by atoms with Crippen LogP contribution in [-0.4, -0.2) is 21.0 Å². The number of amides is 1. The molecule has 0 aromatic carbocycles. The molecule has 5 heteroatoms. The van der Waals surface area contributed by atoms with Gasteiger partial charge in [0, 0.05) is 12.4 Å². The molecular weight excluding hydrogens is 266 g/mol. The molecule has 21 heavy (non-hydrogen) atoms. The van der Waals surface area contributed by atoms with E-state index in [4.69, 9.17) is 5.11 Å². The highest BCUT2D eigenvalue weighted by Crippen LogP contribution is 2.15. The van der Waals surface area contributed by atoms with Gasteiger partial charge in [0.15, 0.2) is 0 Å². The summed E-state index contributed by atoms with van der Waals surface area (Å²) in [4.78, 5) is 20.6. The molecule has 0 aliphatic heterocycles. The topological polar surface area (TPSA) is 75.1 Å². The smallest absolute Gasteiger partial charge is 0.270 e. The standard InChI is InChI=1S/C16H19N3O2/c1-3-13(14-5-4-11(2)9-18-14)19-16(21)15-8-12(10-20)6-7-17-15/h4-9,13,20H,3,10H2,1-2H3,(H,19,21)/t13-/m1/s1. The van der Waals surface area contributed by atoms with Crippen molar-refractivity contribution in [2.75, 3.05) is 0 Å². The highest BCUT2D eigenvalue weighted by atomic mass is 16.3. The Morgan fingerprint density at radius 3 is 2.76 bits per heavy atom. The number of hydrogen-bond acceptors (Lipinski definition) is 4. The third-order valence-electron chi connectivity index (χ3n) is 3.24. The predicted octanol–water partition coefficient (Wildman–Crippen LogP) is 2.16. The third kappa shape index (κ3) is 3.86. The van der Waals surface area contributed by atoms with Gasteiger partial charge in [0.1, 0.15) is 5.69 Å². The number of aliphatic hydroxyl groups excluding tert-OH is 1. The molecule has 0 radical (unpaired) electrons. The lowest BCUT2D eigenvalue weighted by molar-refractivity contribution is 0.0929. The maximum absolute atomic E-state index is 12.2. The van der Waals surface area contributed by atoms with Gasteiger partial charge in [0.05, 0.1) is 18.3 Å². The van der Waals surface area contributed by atoms with Gasteiger partial charge < -0.3 is 10.4 Å². The van der Waals surface area contributed by atoms with Crippen LogP contribution in [-0.2, 0) is 6.61 Å². The van der Waals surface area contributed by atoms with E-state index in [0.29, 0.717) is 11.3 Å². The Morgan fingerprint density at radius 2 is 2.14 bits per heavy atom. The summed E-state index contributed by atoms with van der Waals surface area (Å²) in [6.07, 6.45) is 4.04. The molecule has 1 atom stereocenters. The van der Waals surface area contributed by atoms with Crippen molar-refractivity contribution in [1.29, 1.82) is 0 Å². The Balaban J connectivity index is 2.14. The van der Waals surface area contributed by atoms with Crippen molar-refractivity contribution < 1.29 is 9.90 Å². The number of aliphatic hydroxyl groups is 1. The van der Waals surface area contributed by atoms with E-state index in [9.17, 15) is 4.79 Å². The Hall–Kier alpha value is -2.27. The number of nitrogens with one attached hydrogen (secondary N) is 1. The van der Waals surface area contributed by atoms with Gasteiger partial charge in [-0.2, -0.15) is 0 Å². The third-order valence-corrected chi connectivity index (χ3v) is 3.24. The molecule has 2 aromatic heterocycles. The number of carbonyl (C=O) groups is 1. The number of aryl methyl sites for hydroxylation is 1. The summed E-state index contributed by atoms with van der Waals surface area (Å²) >= 11 is 0. The first-order chi connectivity index (χ1) is 10.1. The normalized spacial score (nSPS) is 12.0. The molecule has 0 saturated carbocycles. The molecule has 2 rings (SSSR count). The van der Waals surface area contributed by atoms with Gasteiger partial charge in [0.2, 0.25) is 0 Å². The molecule has 0 saturated heterocycles. The largest absolute Gasteiger partial charge is 0.392 e. The molecule has 2 heterocycles. The average molecular weight is 285 g/mol. The molecule has 0 aliphatic carbocycles. The summed E-state index contributed by atoms with van der Waals surface area (Å²) in [5.74, 6) is -0.264. The highest BCUT2D eigenvalue weighted by molar-refractivity contribution is 5.92. The Kier molecular flexibility index (Phi) is 5.00. The van der Waals surface area contributed by atoms with E-state index in [1.807, 2.05) is 26.0 Å². The minimum Gasteiger partial charge on any atom is -0.392 e. The van der Waals surface area contributed by atoms with Crippen LogP contribution in [0.5, 0.6) is 0 Å². The monoisotopic (exact) mass is 285 g/mol. The van der Waals surface area contributed by atoms with Crippen LogP contribution in [0.15, 0.2) is 36.7 Å². The fraction of sp³-hybridized carbons (Fsp3) is 0.312. The minimum absolute atomic E-state index is 0.112. The number of carbonyl (C=O) groups excluding carboxylic acids is 1. The lowest BCUT2D eigenvalue weighted by Crippen LogP contribution is -2.29. The second kappa shape index (κ2) is 6.95. The number of hydrogen-bond donors (Lipinski definition) is 2. The second-order valence-corrected chi connectivity index (χ2v) is 4.90. The Labute approximate surface area is 124 Å². The number of aromatic nitrogens is 2. The maximum Gasteiger partial charge on any atom is 0.270 e. The fourth-order valence-electron chi connectivity index (χ4n) is 2.00. The summed E-state index contributed by atoms with van der Waals surface area (Å²) in [6.45, 7) is 3.85. The van der Waals surface area contributed by atoms with Crippen LogP contribution in [0.4, 0.5) is 0 Å². The zero-order valence-electron chi connectivity index (χ0n) is 12.2. The van der Waals surface area contributed by atoms with Crippen molar-refractivity contribution in [1.82, 2.24) is 15.3 Å². The van der Waals surface area contributed by atoms with Gasteiger partial charge in [0.25, 0.3) is 5.91 Å². The van der Waals surface area contributed by atoms with Gasteiger partial charge >= 0.3 is 0 Å².